The lowest BCUT2D eigenvalue weighted by Crippen LogP contribution is -2.24. The van der Waals surface area contributed by atoms with Gasteiger partial charge in [0.2, 0.25) is 0 Å². The lowest BCUT2D eigenvalue weighted by atomic mass is 10.2. The highest BCUT2D eigenvalue weighted by Crippen LogP contribution is 1.88. The molecule has 2 atom stereocenters. The van der Waals surface area contributed by atoms with E-state index in [9.17, 15) is 4.79 Å². The van der Waals surface area contributed by atoms with Gasteiger partial charge in [-0.3, -0.25) is 0 Å². The van der Waals surface area contributed by atoms with Gasteiger partial charge in [0, 0.05) is 0 Å². The zero-order chi connectivity index (χ0) is 6.57. The quantitative estimate of drug-likeness (QED) is 0.371. The Bertz CT molecular complexity index is 77.7. The standard InChI is InChI=1S/C5H8O3/c1-2-4(7)5(8)3-6/h2-5,7-8H,1H2/t4-,5-/m1/s1. The van der Waals surface area contributed by atoms with E-state index in [-0.39, 0.29) is 6.29 Å². The lowest BCUT2D eigenvalue weighted by molar-refractivity contribution is -0.118. The average Bonchev–Trinajstić information content (AvgIpc) is 1.84. The van der Waals surface area contributed by atoms with E-state index in [2.05, 4.69) is 6.58 Å². The van der Waals surface area contributed by atoms with Crippen LogP contribution < -0.4 is 0 Å². The Kier molecular flexibility index (Phi) is 3.07. The fourth-order valence-corrected chi connectivity index (χ4v) is 0.220. The van der Waals surface area contributed by atoms with Gasteiger partial charge in [0.1, 0.15) is 12.2 Å². The molecule has 0 amide bonds. The summed E-state index contributed by atoms with van der Waals surface area (Å²) in [4.78, 5) is 9.65. The maximum absolute atomic E-state index is 9.65. The van der Waals surface area contributed by atoms with Gasteiger partial charge >= 0.3 is 0 Å². The van der Waals surface area contributed by atoms with E-state index < -0.39 is 12.2 Å². The van der Waals surface area contributed by atoms with Gasteiger partial charge < -0.3 is 15.0 Å². The van der Waals surface area contributed by atoms with Crippen molar-refractivity contribution in [3.05, 3.63) is 12.7 Å². The fourth-order valence-electron chi connectivity index (χ4n) is 0.220. The molecule has 0 saturated carbocycles. The summed E-state index contributed by atoms with van der Waals surface area (Å²) in [5, 5.41) is 17.0. The summed E-state index contributed by atoms with van der Waals surface area (Å²) in [7, 11) is 0. The van der Waals surface area contributed by atoms with Gasteiger partial charge in [-0.25, -0.2) is 0 Å². The van der Waals surface area contributed by atoms with Crippen molar-refractivity contribution in [3.8, 4) is 0 Å². The first-order valence-corrected chi connectivity index (χ1v) is 2.16. The molecule has 0 rings (SSSR count). The summed E-state index contributed by atoms with van der Waals surface area (Å²) in [6, 6.07) is 0. The molecule has 0 aromatic heterocycles. The molecule has 46 valence electrons. The van der Waals surface area contributed by atoms with E-state index in [1.54, 1.807) is 0 Å². The van der Waals surface area contributed by atoms with Gasteiger partial charge in [0.25, 0.3) is 0 Å². The molecule has 0 aromatic carbocycles. The summed E-state index contributed by atoms with van der Waals surface area (Å²) >= 11 is 0. The molecule has 0 fully saturated rings. The van der Waals surface area contributed by atoms with Crippen LogP contribution in [0.1, 0.15) is 0 Å². The Morgan fingerprint density at radius 2 is 1.88 bits per heavy atom. The van der Waals surface area contributed by atoms with Gasteiger partial charge in [0.15, 0.2) is 6.29 Å². The van der Waals surface area contributed by atoms with Gasteiger partial charge in [0.05, 0.1) is 0 Å². The van der Waals surface area contributed by atoms with Crippen LogP contribution in [0, 0.1) is 0 Å². The highest BCUT2D eigenvalue weighted by Gasteiger charge is 2.08. The molecule has 3 nitrogen and oxygen atoms in total. The van der Waals surface area contributed by atoms with Crippen LogP contribution in [0.25, 0.3) is 0 Å². The number of rotatable bonds is 3. The summed E-state index contributed by atoms with van der Waals surface area (Å²) in [5.74, 6) is 0. The first-order valence-electron chi connectivity index (χ1n) is 2.16. The summed E-state index contributed by atoms with van der Waals surface area (Å²) < 4.78 is 0. The van der Waals surface area contributed by atoms with Crippen LogP contribution in [-0.2, 0) is 4.79 Å². The van der Waals surface area contributed by atoms with E-state index in [0.717, 1.165) is 6.08 Å². The SMILES string of the molecule is C=C[C@@H](O)[C@H](O)C=O. The lowest BCUT2D eigenvalue weighted by Gasteiger charge is -2.04. The molecular weight excluding hydrogens is 108 g/mol. The number of hydrogen-bond acceptors (Lipinski definition) is 3. The highest BCUT2D eigenvalue weighted by atomic mass is 16.3. The monoisotopic (exact) mass is 116 g/mol. The number of aldehydes is 1. The Labute approximate surface area is 47.3 Å². The molecule has 0 aliphatic rings. The second kappa shape index (κ2) is 3.35. The van der Waals surface area contributed by atoms with E-state index in [4.69, 9.17) is 10.2 Å². The van der Waals surface area contributed by atoms with Crippen molar-refractivity contribution in [2.24, 2.45) is 0 Å². The second-order valence-corrected chi connectivity index (χ2v) is 1.35. The second-order valence-electron chi connectivity index (χ2n) is 1.35. The Balaban J connectivity index is 3.60. The average molecular weight is 116 g/mol. The minimum Gasteiger partial charge on any atom is -0.386 e. The predicted molar refractivity (Wildman–Crippen MR) is 28.3 cm³/mol. The number of carbonyl (C=O) groups excluding carboxylic acids is 1. The molecule has 2 N–H and O–H groups in total. The third-order valence-electron chi connectivity index (χ3n) is 0.731. The summed E-state index contributed by atoms with van der Waals surface area (Å²) in [6.45, 7) is 3.16. The van der Waals surface area contributed by atoms with Crippen LogP contribution >= 0.6 is 0 Å². The minimum absolute atomic E-state index is 0.256. The van der Waals surface area contributed by atoms with Crippen LogP contribution in [0.5, 0.6) is 0 Å². The maximum atomic E-state index is 9.65. The van der Waals surface area contributed by atoms with Gasteiger partial charge in [-0.2, -0.15) is 0 Å². The van der Waals surface area contributed by atoms with E-state index in [1.807, 2.05) is 0 Å². The van der Waals surface area contributed by atoms with Crippen LogP contribution in [0.15, 0.2) is 12.7 Å². The van der Waals surface area contributed by atoms with Crippen molar-refractivity contribution in [1.82, 2.24) is 0 Å². The molecule has 0 aromatic rings. The molecule has 0 unspecified atom stereocenters. The van der Waals surface area contributed by atoms with Crippen molar-refractivity contribution < 1.29 is 15.0 Å². The first kappa shape index (κ1) is 7.33. The summed E-state index contributed by atoms with van der Waals surface area (Å²) in [6.07, 6.45) is -1.11. The van der Waals surface area contributed by atoms with E-state index in [1.165, 1.54) is 0 Å². The zero-order valence-corrected chi connectivity index (χ0v) is 4.32. The first-order chi connectivity index (χ1) is 3.72. The third kappa shape index (κ3) is 1.86. The maximum Gasteiger partial charge on any atom is 0.151 e. The molecular formula is C5H8O3. The van der Waals surface area contributed by atoms with E-state index in [0.29, 0.717) is 0 Å². The predicted octanol–water partition coefficient (Wildman–Crippen LogP) is -0.907. The normalized spacial score (nSPS) is 16.8. The van der Waals surface area contributed by atoms with Crippen LogP contribution in [0.3, 0.4) is 0 Å². The number of aliphatic hydroxyl groups is 2. The molecule has 0 heterocycles. The van der Waals surface area contributed by atoms with Crippen molar-refractivity contribution in [1.29, 1.82) is 0 Å². The third-order valence-corrected chi connectivity index (χ3v) is 0.731. The molecule has 8 heavy (non-hydrogen) atoms. The molecule has 3 heteroatoms. The Morgan fingerprint density at radius 3 is 2.00 bits per heavy atom. The highest BCUT2D eigenvalue weighted by molar-refractivity contribution is 5.57. The number of carbonyl (C=O) groups is 1. The number of aliphatic hydroxyl groups excluding tert-OH is 2. The molecule has 0 aliphatic carbocycles. The van der Waals surface area contributed by atoms with Crippen molar-refractivity contribution >= 4 is 6.29 Å². The fraction of sp³-hybridized carbons (Fsp3) is 0.400. The Hall–Kier alpha value is -0.670. The Morgan fingerprint density at radius 1 is 1.38 bits per heavy atom. The van der Waals surface area contributed by atoms with Crippen LogP contribution in [-0.4, -0.2) is 28.7 Å². The van der Waals surface area contributed by atoms with Crippen molar-refractivity contribution in [3.63, 3.8) is 0 Å². The van der Waals surface area contributed by atoms with Crippen LogP contribution in [0.4, 0.5) is 0 Å². The van der Waals surface area contributed by atoms with Gasteiger partial charge in [-0.1, -0.05) is 6.08 Å². The largest absolute Gasteiger partial charge is 0.386 e. The summed E-state index contributed by atoms with van der Waals surface area (Å²) in [5.41, 5.74) is 0. The number of hydrogen-bond donors (Lipinski definition) is 2. The molecule has 0 radical (unpaired) electrons. The molecule has 0 bridgehead atoms. The zero-order valence-electron chi connectivity index (χ0n) is 4.32. The topological polar surface area (TPSA) is 57.5 Å². The van der Waals surface area contributed by atoms with Gasteiger partial charge in [-0.15, -0.1) is 6.58 Å². The van der Waals surface area contributed by atoms with Crippen molar-refractivity contribution in [2.45, 2.75) is 12.2 Å². The molecule has 0 saturated heterocycles. The van der Waals surface area contributed by atoms with E-state index >= 15 is 0 Å². The smallest absolute Gasteiger partial charge is 0.151 e. The van der Waals surface area contributed by atoms with Crippen LogP contribution in [0.2, 0.25) is 0 Å². The minimum atomic E-state index is -1.33. The van der Waals surface area contributed by atoms with Gasteiger partial charge in [-0.05, 0) is 0 Å². The molecule has 0 spiro atoms. The molecule has 0 aliphatic heterocycles. The van der Waals surface area contributed by atoms with Crippen molar-refractivity contribution in [2.75, 3.05) is 0 Å².